The first-order valence-corrected chi connectivity index (χ1v) is 7.62. The minimum Gasteiger partial charge on any atom is -0.350 e. The molecule has 1 aromatic rings. The Kier molecular flexibility index (Phi) is 3.62. The number of fused-ring (bicyclic) bond motifs is 1. The van der Waals surface area contributed by atoms with Crippen molar-refractivity contribution < 1.29 is 0 Å². The summed E-state index contributed by atoms with van der Waals surface area (Å²) in [5.41, 5.74) is 3.24. The molecule has 1 aromatic heterocycles. The molecule has 3 rings (SSSR count). The van der Waals surface area contributed by atoms with Crippen molar-refractivity contribution in [3.63, 3.8) is 0 Å². The fraction of sp³-hybridized carbons (Fsp3) is 0.625. The summed E-state index contributed by atoms with van der Waals surface area (Å²) in [6, 6.07) is 5.26. The summed E-state index contributed by atoms with van der Waals surface area (Å²) < 4.78 is 0. The molecule has 2 heterocycles. The van der Waals surface area contributed by atoms with E-state index < -0.39 is 0 Å². The number of piperazine rings is 1. The van der Waals surface area contributed by atoms with E-state index in [9.17, 15) is 5.26 Å². The lowest BCUT2D eigenvalue weighted by molar-refractivity contribution is 0.422. The molecule has 2 aliphatic rings. The van der Waals surface area contributed by atoms with Gasteiger partial charge in [0.05, 0.1) is 5.56 Å². The van der Waals surface area contributed by atoms with Gasteiger partial charge in [0.1, 0.15) is 11.9 Å². The Hall–Kier alpha value is -1.60. The van der Waals surface area contributed by atoms with Gasteiger partial charge >= 0.3 is 0 Å². The first-order chi connectivity index (χ1) is 9.69. The molecule has 0 radical (unpaired) electrons. The molecule has 20 heavy (non-hydrogen) atoms. The summed E-state index contributed by atoms with van der Waals surface area (Å²) in [6.07, 6.45) is 4.58. The van der Waals surface area contributed by atoms with Crippen molar-refractivity contribution in [2.24, 2.45) is 0 Å². The number of hydrogen-bond donors (Lipinski definition) is 1. The topological polar surface area (TPSA) is 52.0 Å². The summed E-state index contributed by atoms with van der Waals surface area (Å²) in [4.78, 5) is 7.17. The number of anilines is 1. The number of aryl methyl sites for hydroxylation is 2. The molecule has 106 valence electrons. The maximum Gasteiger partial charge on any atom is 0.147 e. The Morgan fingerprint density at radius 2 is 2.15 bits per heavy atom. The molecule has 0 aromatic carbocycles. The van der Waals surface area contributed by atoms with Crippen molar-refractivity contribution in [2.75, 3.05) is 18.0 Å². The molecule has 2 unspecified atom stereocenters. The molecule has 1 saturated heterocycles. The molecule has 0 spiro atoms. The maximum atomic E-state index is 9.47. The molecule has 0 saturated carbocycles. The maximum absolute atomic E-state index is 9.47. The molecule has 2 atom stereocenters. The Labute approximate surface area is 120 Å². The highest BCUT2D eigenvalue weighted by Gasteiger charge is 2.27. The van der Waals surface area contributed by atoms with Gasteiger partial charge in [-0.3, -0.25) is 0 Å². The van der Waals surface area contributed by atoms with E-state index >= 15 is 0 Å². The Morgan fingerprint density at radius 1 is 1.35 bits per heavy atom. The van der Waals surface area contributed by atoms with Crippen LogP contribution in [0.15, 0.2) is 6.07 Å². The van der Waals surface area contributed by atoms with Gasteiger partial charge in [-0.25, -0.2) is 4.98 Å². The Bertz CT molecular complexity index is 546. The largest absolute Gasteiger partial charge is 0.350 e. The smallest absolute Gasteiger partial charge is 0.147 e. The predicted octanol–water partition coefficient (Wildman–Crippen LogP) is 2.02. The minimum atomic E-state index is 0.382. The van der Waals surface area contributed by atoms with E-state index in [4.69, 9.17) is 4.98 Å². The lowest BCUT2D eigenvalue weighted by Gasteiger charge is -2.39. The highest BCUT2D eigenvalue weighted by molar-refractivity contribution is 5.57. The molecule has 4 heteroatoms. The predicted molar refractivity (Wildman–Crippen MR) is 79.9 cm³/mol. The molecule has 1 aliphatic carbocycles. The van der Waals surface area contributed by atoms with Crippen LogP contribution in [0.2, 0.25) is 0 Å². The van der Waals surface area contributed by atoms with Gasteiger partial charge in [0.2, 0.25) is 0 Å². The number of pyridine rings is 1. The Balaban J connectivity index is 2.01. The molecule has 0 bridgehead atoms. The van der Waals surface area contributed by atoms with E-state index in [-0.39, 0.29) is 0 Å². The van der Waals surface area contributed by atoms with Crippen LogP contribution in [0.1, 0.15) is 43.5 Å². The van der Waals surface area contributed by atoms with Crippen LogP contribution in [0.5, 0.6) is 0 Å². The lowest BCUT2D eigenvalue weighted by atomic mass is 9.94. The molecular formula is C16H22N4. The second-order valence-electron chi connectivity index (χ2n) is 6.09. The second-order valence-corrected chi connectivity index (χ2v) is 6.09. The van der Waals surface area contributed by atoms with Gasteiger partial charge in [0, 0.05) is 30.9 Å². The fourth-order valence-corrected chi connectivity index (χ4v) is 3.24. The molecular weight excluding hydrogens is 248 g/mol. The third-order valence-electron chi connectivity index (χ3n) is 4.44. The van der Waals surface area contributed by atoms with Crippen LogP contribution in [0.25, 0.3) is 0 Å². The average molecular weight is 270 g/mol. The number of hydrogen-bond acceptors (Lipinski definition) is 4. The van der Waals surface area contributed by atoms with Crippen LogP contribution >= 0.6 is 0 Å². The summed E-state index contributed by atoms with van der Waals surface area (Å²) in [5, 5.41) is 12.9. The van der Waals surface area contributed by atoms with E-state index in [1.807, 2.05) is 0 Å². The van der Waals surface area contributed by atoms with Crippen LogP contribution in [-0.2, 0) is 12.8 Å². The number of nitrogens with one attached hydrogen (secondary N) is 1. The van der Waals surface area contributed by atoms with Gasteiger partial charge < -0.3 is 10.2 Å². The summed E-state index contributed by atoms with van der Waals surface area (Å²) in [5.74, 6) is 0.897. The first-order valence-electron chi connectivity index (χ1n) is 7.62. The standard InChI is InChI=1S/C16H22N4/c1-11-10-20(12(2)9-18-11)16-14(8-17)7-13-5-3-4-6-15(13)19-16/h7,11-12,18H,3-6,9-10H2,1-2H3. The molecule has 0 amide bonds. The molecule has 1 N–H and O–H groups in total. The zero-order valence-corrected chi connectivity index (χ0v) is 12.3. The minimum absolute atomic E-state index is 0.382. The second kappa shape index (κ2) is 5.41. The molecule has 4 nitrogen and oxygen atoms in total. The summed E-state index contributed by atoms with van der Waals surface area (Å²) in [7, 11) is 0. The molecule has 1 fully saturated rings. The van der Waals surface area contributed by atoms with Gasteiger partial charge in [-0.2, -0.15) is 5.26 Å². The van der Waals surface area contributed by atoms with Crippen molar-refractivity contribution in [1.29, 1.82) is 5.26 Å². The summed E-state index contributed by atoms with van der Waals surface area (Å²) >= 11 is 0. The number of aromatic nitrogens is 1. The van der Waals surface area contributed by atoms with Crippen molar-refractivity contribution in [2.45, 2.75) is 51.6 Å². The van der Waals surface area contributed by atoms with Gasteiger partial charge in [0.15, 0.2) is 0 Å². The van der Waals surface area contributed by atoms with E-state index in [1.165, 1.54) is 24.1 Å². The van der Waals surface area contributed by atoms with Gasteiger partial charge in [0.25, 0.3) is 0 Å². The number of rotatable bonds is 1. The van der Waals surface area contributed by atoms with Crippen LogP contribution in [0.3, 0.4) is 0 Å². The highest BCUT2D eigenvalue weighted by atomic mass is 15.3. The van der Waals surface area contributed by atoms with Crippen LogP contribution < -0.4 is 10.2 Å². The Morgan fingerprint density at radius 3 is 2.95 bits per heavy atom. The van der Waals surface area contributed by atoms with Gasteiger partial charge in [-0.1, -0.05) is 0 Å². The van der Waals surface area contributed by atoms with Crippen molar-refractivity contribution in [1.82, 2.24) is 10.3 Å². The van der Waals surface area contributed by atoms with Crippen LogP contribution in [-0.4, -0.2) is 30.2 Å². The SMILES string of the molecule is CC1CN(c2nc3c(cc2C#N)CCCC3)C(C)CN1. The number of nitriles is 1. The van der Waals surface area contributed by atoms with E-state index in [1.54, 1.807) is 0 Å². The first kappa shape index (κ1) is 13.4. The zero-order chi connectivity index (χ0) is 14.1. The van der Waals surface area contributed by atoms with E-state index in [0.29, 0.717) is 12.1 Å². The highest BCUT2D eigenvalue weighted by Crippen LogP contribution is 2.28. The lowest BCUT2D eigenvalue weighted by Crippen LogP contribution is -2.55. The van der Waals surface area contributed by atoms with Gasteiger partial charge in [-0.05, 0) is 51.2 Å². The van der Waals surface area contributed by atoms with Crippen molar-refractivity contribution in [3.05, 3.63) is 22.9 Å². The zero-order valence-electron chi connectivity index (χ0n) is 12.3. The summed E-state index contributed by atoms with van der Waals surface area (Å²) in [6.45, 7) is 6.25. The monoisotopic (exact) mass is 270 g/mol. The quantitative estimate of drug-likeness (QED) is 0.848. The third-order valence-corrected chi connectivity index (χ3v) is 4.44. The fourth-order valence-electron chi connectivity index (χ4n) is 3.24. The van der Waals surface area contributed by atoms with Crippen LogP contribution in [0.4, 0.5) is 5.82 Å². The van der Waals surface area contributed by atoms with Crippen molar-refractivity contribution >= 4 is 5.82 Å². The number of nitrogens with zero attached hydrogens (tertiary/aromatic N) is 3. The van der Waals surface area contributed by atoms with E-state index in [2.05, 4.69) is 36.2 Å². The molecule has 1 aliphatic heterocycles. The van der Waals surface area contributed by atoms with Crippen molar-refractivity contribution in [3.8, 4) is 6.07 Å². The normalized spacial score (nSPS) is 25.9. The van der Waals surface area contributed by atoms with Gasteiger partial charge in [-0.15, -0.1) is 0 Å². The van der Waals surface area contributed by atoms with Crippen LogP contribution in [0, 0.1) is 11.3 Å². The average Bonchev–Trinajstić information content (AvgIpc) is 2.48. The van der Waals surface area contributed by atoms with E-state index in [0.717, 1.165) is 37.3 Å². The third kappa shape index (κ3) is 2.38.